The molecule has 138 valence electrons. The van der Waals surface area contributed by atoms with Crippen LogP contribution in [0.25, 0.3) is 0 Å². The Labute approximate surface area is 150 Å². The van der Waals surface area contributed by atoms with Gasteiger partial charge in [0.25, 0.3) is 0 Å². The first-order valence-corrected chi connectivity index (χ1v) is 9.21. The number of nitrogens with zero attached hydrogens (tertiary/aromatic N) is 1. The maximum atomic E-state index is 12.7. The van der Waals surface area contributed by atoms with Crippen LogP contribution in [-0.2, 0) is 11.3 Å². The van der Waals surface area contributed by atoms with E-state index in [2.05, 4.69) is 5.32 Å². The second-order valence-corrected chi connectivity index (χ2v) is 7.56. The summed E-state index contributed by atoms with van der Waals surface area (Å²) < 4.78 is 10.7. The number of ether oxygens (including phenoxy) is 2. The number of piperidine rings is 1. The van der Waals surface area contributed by atoms with Crippen LogP contribution in [0.5, 0.6) is 11.5 Å². The van der Waals surface area contributed by atoms with Gasteiger partial charge in [-0.3, -0.25) is 4.79 Å². The van der Waals surface area contributed by atoms with Gasteiger partial charge in [-0.1, -0.05) is 0 Å². The van der Waals surface area contributed by atoms with Crippen LogP contribution in [-0.4, -0.2) is 44.2 Å². The van der Waals surface area contributed by atoms with Crippen LogP contribution in [0.3, 0.4) is 0 Å². The van der Waals surface area contributed by atoms with Crippen LogP contribution in [0.4, 0.5) is 0 Å². The normalized spacial score (nSPS) is 24.9. The van der Waals surface area contributed by atoms with Gasteiger partial charge in [0.15, 0.2) is 11.5 Å². The fraction of sp³-hybridized carbons (Fsp3) is 0.650. The third-order valence-corrected chi connectivity index (χ3v) is 5.71. The standard InChI is InChI=1S/C20H30N2O3/c1-13-7-18(24-3)19(25-4)11-15(13)12-22(2)20(23)10-14-8-16-5-6-17(9-14)21-16/h7,11,14,16-17,21H,5-6,8-10,12H2,1-4H3. The summed E-state index contributed by atoms with van der Waals surface area (Å²) in [5, 5.41) is 3.64. The largest absolute Gasteiger partial charge is 0.493 e. The molecule has 2 atom stereocenters. The van der Waals surface area contributed by atoms with E-state index in [4.69, 9.17) is 9.47 Å². The Bertz CT molecular complexity index is 620. The zero-order valence-corrected chi connectivity index (χ0v) is 15.8. The van der Waals surface area contributed by atoms with E-state index in [1.54, 1.807) is 14.2 Å². The van der Waals surface area contributed by atoms with Gasteiger partial charge in [0, 0.05) is 32.1 Å². The lowest BCUT2D eigenvalue weighted by Gasteiger charge is -2.30. The van der Waals surface area contributed by atoms with Gasteiger partial charge in [-0.15, -0.1) is 0 Å². The maximum absolute atomic E-state index is 12.7. The van der Waals surface area contributed by atoms with Crippen molar-refractivity contribution in [1.29, 1.82) is 0 Å². The molecule has 2 fully saturated rings. The first-order chi connectivity index (χ1) is 12.0. The summed E-state index contributed by atoms with van der Waals surface area (Å²) >= 11 is 0. The number of benzene rings is 1. The van der Waals surface area contributed by atoms with E-state index in [1.165, 1.54) is 12.8 Å². The lowest BCUT2D eigenvalue weighted by Crippen LogP contribution is -2.40. The number of hydrogen-bond donors (Lipinski definition) is 1. The molecule has 0 spiro atoms. The van der Waals surface area contributed by atoms with Crippen molar-refractivity contribution >= 4 is 5.91 Å². The molecule has 2 aliphatic rings. The Hall–Kier alpha value is -1.75. The van der Waals surface area contributed by atoms with E-state index in [0.717, 1.165) is 29.7 Å². The van der Waals surface area contributed by atoms with Crippen LogP contribution in [0.1, 0.15) is 43.2 Å². The Morgan fingerprint density at radius 3 is 2.36 bits per heavy atom. The van der Waals surface area contributed by atoms with Crippen LogP contribution in [0.15, 0.2) is 12.1 Å². The van der Waals surface area contributed by atoms with E-state index < -0.39 is 0 Å². The molecule has 0 radical (unpaired) electrons. The summed E-state index contributed by atoms with van der Waals surface area (Å²) in [5.41, 5.74) is 2.20. The van der Waals surface area contributed by atoms with Crippen molar-refractivity contribution in [1.82, 2.24) is 10.2 Å². The summed E-state index contributed by atoms with van der Waals surface area (Å²) in [5.74, 6) is 2.20. The zero-order valence-electron chi connectivity index (χ0n) is 15.8. The zero-order chi connectivity index (χ0) is 18.0. The number of nitrogens with one attached hydrogen (secondary N) is 1. The summed E-state index contributed by atoms with van der Waals surface area (Å²) in [6.45, 7) is 2.64. The van der Waals surface area contributed by atoms with Gasteiger partial charge in [-0.25, -0.2) is 0 Å². The number of carbonyl (C=O) groups is 1. The minimum absolute atomic E-state index is 0.237. The summed E-state index contributed by atoms with van der Waals surface area (Å²) in [7, 11) is 5.17. The molecule has 2 saturated heterocycles. The maximum Gasteiger partial charge on any atom is 0.222 e. The molecule has 1 aromatic carbocycles. The van der Waals surface area contributed by atoms with E-state index in [0.29, 0.717) is 36.7 Å². The highest BCUT2D eigenvalue weighted by Gasteiger charge is 2.34. The molecule has 2 unspecified atom stereocenters. The molecule has 5 nitrogen and oxygen atoms in total. The van der Waals surface area contributed by atoms with Gasteiger partial charge >= 0.3 is 0 Å². The number of carbonyl (C=O) groups excluding carboxylic acids is 1. The highest BCUT2D eigenvalue weighted by molar-refractivity contribution is 5.76. The number of hydrogen-bond acceptors (Lipinski definition) is 4. The first kappa shape index (κ1) is 18.1. The molecule has 5 heteroatoms. The lowest BCUT2D eigenvalue weighted by molar-refractivity contribution is -0.131. The summed E-state index contributed by atoms with van der Waals surface area (Å²) in [4.78, 5) is 14.5. The van der Waals surface area contributed by atoms with Crippen molar-refractivity contribution in [2.45, 2.75) is 57.7 Å². The van der Waals surface area contributed by atoms with Crippen molar-refractivity contribution in [2.75, 3.05) is 21.3 Å². The molecule has 0 saturated carbocycles. The minimum atomic E-state index is 0.237. The second-order valence-electron chi connectivity index (χ2n) is 7.56. The van der Waals surface area contributed by atoms with Gasteiger partial charge < -0.3 is 19.7 Å². The predicted octanol–water partition coefficient (Wildman–Crippen LogP) is 2.89. The predicted molar refractivity (Wildman–Crippen MR) is 98.0 cm³/mol. The fourth-order valence-corrected chi connectivity index (χ4v) is 4.28. The molecule has 1 amide bonds. The van der Waals surface area contributed by atoms with Gasteiger partial charge in [0.2, 0.25) is 5.91 Å². The number of amides is 1. The van der Waals surface area contributed by atoms with E-state index in [1.807, 2.05) is 31.0 Å². The molecular formula is C20H30N2O3. The first-order valence-electron chi connectivity index (χ1n) is 9.21. The SMILES string of the molecule is COc1cc(C)c(CN(C)C(=O)CC2CC3CCC(C2)N3)cc1OC. The van der Waals surface area contributed by atoms with Crippen molar-refractivity contribution in [2.24, 2.45) is 5.92 Å². The third kappa shape index (κ3) is 4.09. The van der Waals surface area contributed by atoms with Crippen molar-refractivity contribution in [3.8, 4) is 11.5 Å². The van der Waals surface area contributed by atoms with Gasteiger partial charge in [-0.2, -0.15) is 0 Å². The summed E-state index contributed by atoms with van der Waals surface area (Å²) in [6.07, 6.45) is 5.50. The Morgan fingerprint density at radius 2 is 1.76 bits per heavy atom. The van der Waals surface area contributed by atoms with Crippen molar-refractivity contribution < 1.29 is 14.3 Å². The molecule has 2 aliphatic heterocycles. The van der Waals surface area contributed by atoms with Gasteiger partial charge in [0.1, 0.15) is 0 Å². The average Bonchev–Trinajstić information content (AvgIpc) is 2.94. The number of fused-ring (bicyclic) bond motifs is 2. The molecule has 3 rings (SSSR count). The number of rotatable bonds is 6. The average molecular weight is 346 g/mol. The Morgan fingerprint density at radius 1 is 1.16 bits per heavy atom. The number of aryl methyl sites for hydroxylation is 1. The fourth-order valence-electron chi connectivity index (χ4n) is 4.28. The van der Waals surface area contributed by atoms with E-state index in [-0.39, 0.29) is 5.91 Å². The molecule has 0 aliphatic carbocycles. The Balaban J connectivity index is 1.61. The highest BCUT2D eigenvalue weighted by Crippen LogP contribution is 2.33. The quantitative estimate of drug-likeness (QED) is 0.860. The van der Waals surface area contributed by atoms with E-state index in [9.17, 15) is 4.79 Å². The molecule has 2 heterocycles. The van der Waals surface area contributed by atoms with Crippen LogP contribution >= 0.6 is 0 Å². The third-order valence-electron chi connectivity index (χ3n) is 5.71. The van der Waals surface area contributed by atoms with Gasteiger partial charge in [0.05, 0.1) is 14.2 Å². The van der Waals surface area contributed by atoms with Crippen molar-refractivity contribution in [3.63, 3.8) is 0 Å². The minimum Gasteiger partial charge on any atom is -0.493 e. The van der Waals surface area contributed by atoms with E-state index >= 15 is 0 Å². The Kier molecular flexibility index (Phi) is 5.52. The molecule has 0 aromatic heterocycles. The van der Waals surface area contributed by atoms with Crippen LogP contribution < -0.4 is 14.8 Å². The molecular weight excluding hydrogens is 316 g/mol. The van der Waals surface area contributed by atoms with Crippen LogP contribution in [0, 0.1) is 12.8 Å². The summed E-state index contributed by atoms with van der Waals surface area (Å²) in [6, 6.07) is 5.21. The molecule has 25 heavy (non-hydrogen) atoms. The second kappa shape index (κ2) is 7.65. The van der Waals surface area contributed by atoms with Crippen LogP contribution in [0.2, 0.25) is 0 Å². The molecule has 1 N–H and O–H groups in total. The monoisotopic (exact) mass is 346 g/mol. The lowest BCUT2D eigenvalue weighted by atomic mass is 9.89. The topological polar surface area (TPSA) is 50.8 Å². The van der Waals surface area contributed by atoms with Crippen molar-refractivity contribution in [3.05, 3.63) is 23.3 Å². The highest BCUT2D eigenvalue weighted by atomic mass is 16.5. The number of methoxy groups -OCH3 is 2. The van der Waals surface area contributed by atoms with Gasteiger partial charge in [-0.05, 0) is 61.8 Å². The smallest absolute Gasteiger partial charge is 0.222 e. The molecule has 2 bridgehead atoms. The molecule has 1 aromatic rings.